The summed E-state index contributed by atoms with van der Waals surface area (Å²) in [5, 5.41) is 0.0683. The molecule has 0 aliphatic heterocycles. The third-order valence-corrected chi connectivity index (χ3v) is 3.69. The number of aromatic nitrogens is 1. The summed E-state index contributed by atoms with van der Waals surface area (Å²) < 4.78 is 14.5. The van der Waals surface area contributed by atoms with Crippen LogP contribution in [0.4, 0.5) is 10.2 Å². The van der Waals surface area contributed by atoms with Crippen molar-refractivity contribution in [3.63, 3.8) is 0 Å². The lowest BCUT2D eigenvalue weighted by molar-refractivity contribution is 0.630. The number of aryl methyl sites for hydroxylation is 1. The van der Waals surface area contributed by atoms with E-state index < -0.39 is 5.82 Å². The molecule has 0 unspecified atom stereocenters. The monoisotopic (exact) mass is 314 g/mol. The highest BCUT2D eigenvalue weighted by atomic mass is 79.9. The van der Waals surface area contributed by atoms with Gasteiger partial charge in [-0.2, -0.15) is 0 Å². The molecule has 2 nitrogen and oxygen atoms in total. The van der Waals surface area contributed by atoms with Crippen LogP contribution in [0.25, 0.3) is 11.1 Å². The van der Waals surface area contributed by atoms with E-state index in [1.165, 1.54) is 0 Å². The predicted molar refractivity (Wildman–Crippen MR) is 71.5 cm³/mol. The minimum absolute atomic E-state index is 0.0683. The molecule has 2 N–H and O–H groups in total. The van der Waals surface area contributed by atoms with Gasteiger partial charge in [-0.15, -0.1) is 0 Å². The van der Waals surface area contributed by atoms with Gasteiger partial charge < -0.3 is 5.73 Å². The summed E-state index contributed by atoms with van der Waals surface area (Å²) in [5.74, 6) is -0.0504. The highest BCUT2D eigenvalue weighted by Gasteiger charge is 2.13. The van der Waals surface area contributed by atoms with Crippen LogP contribution in [0.1, 0.15) is 5.69 Å². The number of rotatable bonds is 1. The highest BCUT2D eigenvalue weighted by molar-refractivity contribution is 9.10. The van der Waals surface area contributed by atoms with Gasteiger partial charge in [-0.05, 0) is 41.1 Å². The SMILES string of the molecule is Cc1nc(N)ccc1-c1ccc(Br)c(Cl)c1F. The topological polar surface area (TPSA) is 38.9 Å². The molecule has 0 aliphatic carbocycles. The van der Waals surface area contributed by atoms with Crippen molar-refractivity contribution in [3.05, 3.63) is 45.3 Å². The van der Waals surface area contributed by atoms with Gasteiger partial charge in [0.1, 0.15) is 5.82 Å². The van der Waals surface area contributed by atoms with Crippen LogP contribution < -0.4 is 5.73 Å². The molecule has 0 saturated heterocycles. The Labute approximate surface area is 112 Å². The van der Waals surface area contributed by atoms with E-state index in [0.717, 1.165) is 0 Å². The fourth-order valence-corrected chi connectivity index (χ4v) is 2.07. The summed E-state index contributed by atoms with van der Waals surface area (Å²) in [5.41, 5.74) is 7.33. The molecule has 1 heterocycles. The first-order valence-electron chi connectivity index (χ1n) is 4.87. The Morgan fingerprint density at radius 2 is 1.88 bits per heavy atom. The molecule has 2 aromatic rings. The normalized spacial score (nSPS) is 10.6. The van der Waals surface area contributed by atoms with Crippen LogP contribution in [0.2, 0.25) is 5.02 Å². The molecule has 0 aliphatic rings. The van der Waals surface area contributed by atoms with Crippen molar-refractivity contribution in [2.45, 2.75) is 6.92 Å². The van der Waals surface area contributed by atoms with E-state index in [9.17, 15) is 4.39 Å². The van der Waals surface area contributed by atoms with E-state index >= 15 is 0 Å². The van der Waals surface area contributed by atoms with Gasteiger partial charge in [0.2, 0.25) is 0 Å². The number of benzene rings is 1. The van der Waals surface area contributed by atoms with Crippen LogP contribution in [0.15, 0.2) is 28.7 Å². The van der Waals surface area contributed by atoms with Gasteiger partial charge in [0.15, 0.2) is 5.82 Å². The van der Waals surface area contributed by atoms with Gasteiger partial charge in [0.25, 0.3) is 0 Å². The van der Waals surface area contributed by atoms with Gasteiger partial charge in [0, 0.05) is 21.3 Å². The summed E-state index contributed by atoms with van der Waals surface area (Å²) in [7, 11) is 0. The van der Waals surface area contributed by atoms with Crippen molar-refractivity contribution in [1.82, 2.24) is 4.98 Å². The molecule has 1 aromatic carbocycles. The molecule has 17 heavy (non-hydrogen) atoms. The zero-order chi connectivity index (χ0) is 12.6. The second kappa shape index (κ2) is 4.63. The molecule has 2 rings (SSSR count). The second-order valence-electron chi connectivity index (χ2n) is 3.59. The molecular formula is C12H9BrClFN2. The summed E-state index contributed by atoms with van der Waals surface area (Å²) in [6, 6.07) is 6.74. The summed E-state index contributed by atoms with van der Waals surface area (Å²) in [4.78, 5) is 4.10. The number of hydrogen-bond donors (Lipinski definition) is 1. The maximum Gasteiger partial charge on any atom is 0.150 e. The predicted octanol–water partition coefficient (Wildman–Crippen LogP) is 4.19. The van der Waals surface area contributed by atoms with Crippen LogP contribution >= 0.6 is 27.5 Å². The van der Waals surface area contributed by atoms with Crippen molar-refractivity contribution in [3.8, 4) is 11.1 Å². The number of halogens is 3. The first-order chi connectivity index (χ1) is 8.00. The molecule has 88 valence electrons. The fourth-order valence-electron chi connectivity index (χ4n) is 1.60. The molecule has 1 aromatic heterocycles. The van der Waals surface area contributed by atoms with Crippen molar-refractivity contribution in [1.29, 1.82) is 0 Å². The quantitative estimate of drug-likeness (QED) is 0.801. The van der Waals surface area contributed by atoms with E-state index in [0.29, 0.717) is 27.1 Å². The van der Waals surface area contributed by atoms with Gasteiger partial charge in [-0.3, -0.25) is 0 Å². The molecule has 0 fully saturated rings. The Morgan fingerprint density at radius 1 is 1.24 bits per heavy atom. The Kier molecular flexibility index (Phi) is 3.35. The lowest BCUT2D eigenvalue weighted by Crippen LogP contribution is -1.96. The van der Waals surface area contributed by atoms with Gasteiger partial charge in [-0.1, -0.05) is 17.7 Å². The molecule has 0 atom stereocenters. The maximum atomic E-state index is 14.0. The summed E-state index contributed by atoms with van der Waals surface area (Å²) in [6.45, 7) is 1.78. The number of pyridine rings is 1. The minimum Gasteiger partial charge on any atom is -0.384 e. The Balaban J connectivity index is 2.65. The van der Waals surface area contributed by atoms with E-state index in [1.807, 2.05) is 0 Å². The first-order valence-corrected chi connectivity index (χ1v) is 6.05. The van der Waals surface area contributed by atoms with Crippen LogP contribution in [0, 0.1) is 12.7 Å². The molecule has 0 amide bonds. The average molecular weight is 316 g/mol. The zero-order valence-electron chi connectivity index (χ0n) is 8.97. The Morgan fingerprint density at radius 3 is 2.53 bits per heavy atom. The smallest absolute Gasteiger partial charge is 0.150 e. The summed E-state index contributed by atoms with van der Waals surface area (Å²) >= 11 is 9.02. The number of nitrogens with two attached hydrogens (primary N) is 1. The largest absolute Gasteiger partial charge is 0.384 e. The number of anilines is 1. The van der Waals surface area contributed by atoms with E-state index in [-0.39, 0.29) is 5.02 Å². The molecular weight excluding hydrogens is 307 g/mol. The average Bonchev–Trinajstić information content (AvgIpc) is 2.28. The number of nitrogen functional groups attached to an aromatic ring is 1. The number of hydrogen-bond acceptors (Lipinski definition) is 2. The zero-order valence-corrected chi connectivity index (χ0v) is 11.3. The third-order valence-electron chi connectivity index (χ3n) is 2.43. The lowest BCUT2D eigenvalue weighted by atomic mass is 10.0. The highest BCUT2D eigenvalue weighted by Crippen LogP contribution is 2.34. The number of nitrogens with zero attached hydrogens (tertiary/aromatic N) is 1. The Hall–Kier alpha value is -1.13. The van der Waals surface area contributed by atoms with Crippen LogP contribution in [-0.2, 0) is 0 Å². The van der Waals surface area contributed by atoms with Crippen LogP contribution in [-0.4, -0.2) is 4.98 Å². The maximum absolute atomic E-state index is 14.0. The Bertz CT molecular complexity index is 587. The van der Waals surface area contributed by atoms with E-state index in [1.54, 1.807) is 31.2 Å². The minimum atomic E-state index is -0.462. The standard InChI is InChI=1S/C12H9BrClFN2/c1-6-7(3-5-10(16)17-6)8-2-4-9(13)11(14)12(8)15/h2-5H,1H3,(H2,16,17). The van der Waals surface area contributed by atoms with Crippen molar-refractivity contribution in [2.75, 3.05) is 5.73 Å². The summed E-state index contributed by atoms with van der Waals surface area (Å²) in [6.07, 6.45) is 0. The molecule has 0 spiro atoms. The molecule has 5 heteroatoms. The fraction of sp³-hybridized carbons (Fsp3) is 0.0833. The third kappa shape index (κ3) is 2.28. The van der Waals surface area contributed by atoms with Gasteiger partial charge >= 0.3 is 0 Å². The van der Waals surface area contributed by atoms with E-state index in [4.69, 9.17) is 17.3 Å². The molecule has 0 radical (unpaired) electrons. The van der Waals surface area contributed by atoms with Gasteiger partial charge in [0.05, 0.1) is 5.02 Å². The second-order valence-corrected chi connectivity index (χ2v) is 4.82. The molecule has 0 bridgehead atoms. The first kappa shape index (κ1) is 12.3. The molecule has 0 saturated carbocycles. The van der Waals surface area contributed by atoms with Crippen molar-refractivity contribution in [2.24, 2.45) is 0 Å². The van der Waals surface area contributed by atoms with Crippen LogP contribution in [0.5, 0.6) is 0 Å². The van der Waals surface area contributed by atoms with Crippen molar-refractivity contribution < 1.29 is 4.39 Å². The van der Waals surface area contributed by atoms with Crippen LogP contribution in [0.3, 0.4) is 0 Å². The van der Waals surface area contributed by atoms with Crippen molar-refractivity contribution >= 4 is 33.3 Å². The van der Waals surface area contributed by atoms with E-state index in [2.05, 4.69) is 20.9 Å². The van der Waals surface area contributed by atoms with Gasteiger partial charge in [-0.25, -0.2) is 9.37 Å². The lowest BCUT2D eigenvalue weighted by Gasteiger charge is -2.09.